The molecule has 0 aromatic rings. The molecule has 2 nitrogen and oxygen atoms in total. The fraction of sp³-hybridized carbons (Fsp3) is 0.600. The lowest BCUT2D eigenvalue weighted by atomic mass is 9.96. The number of carbonyl (C=O) groups excluding carboxylic acids is 1. The molecule has 0 saturated carbocycles. The van der Waals surface area contributed by atoms with Crippen LogP contribution in [0.4, 0.5) is 0 Å². The van der Waals surface area contributed by atoms with E-state index in [-0.39, 0.29) is 0 Å². The van der Waals surface area contributed by atoms with E-state index in [2.05, 4.69) is 13.5 Å². The first-order valence-electron chi connectivity index (χ1n) is 4.31. The third kappa shape index (κ3) is 1.66. The Morgan fingerprint density at radius 1 is 1.83 bits per heavy atom. The van der Waals surface area contributed by atoms with Gasteiger partial charge in [0.2, 0.25) is 0 Å². The Hall–Kier alpha value is -0.850. The van der Waals surface area contributed by atoms with E-state index in [9.17, 15) is 4.79 Å². The van der Waals surface area contributed by atoms with Gasteiger partial charge in [-0.05, 0) is 12.8 Å². The van der Waals surface area contributed by atoms with Gasteiger partial charge >= 0.3 is 0 Å². The number of unbranched alkanes of at least 4 members (excludes halogenated alkanes) is 1. The lowest BCUT2D eigenvalue weighted by molar-refractivity contribution is 0.376. The fourth-order valence-corrected chi connectivity index (χ4v) is 1.20. The van der Waals surface area contributed by atoms with Gasteiger partial charge in [-0.1, -0.05) is 26.0 Å². The van der Waals surface area contributed by atoms with Crippen molar-refractivity contribution in [3.63, 3.8) is 0 Å². The third-order valence-electron chi connectivity index (χ3n) is 2.20. The smallest absolute Gasteiger partial charge is 0.141 e. The molecule has 1 aliphatic heterocycles. The van der Waals surface area contributed by atoms with Crippen molar-refractivity contribution in [1.29, 1.82) is 0 Å². The maximum Gasteiger partial charge on any atom is 0.141 e. The quantitative estimate of drug-likeness (QED) is 0.354. The van der Waals surface area contributed by atoms with Gasteiger partial charge in [-0.2, -0.15) is 0 Å². The van der Waals surface area contributed by atoms with Crippen LogP contribution in [0.1, 0.15) is 26.2 Å². The Morgan fingerprint density at radius 2 is 2.50 bits per heavy atom. The van der Waals surface area contributed by atoms with Crippen LogP contribution in [0.15, 0.2) is 18.2 Å². The molecule has 1 saturated heterocycles. The fourth-order valence-electron chi connectivity index (χ4n) is 1.20. The summed E-state index contributed by atoms with van der Waals surface area (Å²) in [5.74, 6) is 1.96. The van der Waals surface area contributed by atoms with Crippen LogP contribution < -0.4 is 0 Å². The minimum absolute atomic E-state index is 0.434. The Morgan fingerprint density at radius 3 is 2.83 bits per heavy atom. The van der Waals surface area contributed by atoms with Gasteiger partial charge in [-0.25, -0.2) is 4.79 Å². The summed E-state index contributed by atoms with van der Waals surface area (Å²) in [6.45, 7) is 6.34. The molecule has 2 heteroatoms. The molecule has 1 rings (SSSR count). The van der Waals surface area contributed by atoms with Crippen molar-refractivity contribution in [2.24, 2.45) is 0 Å². The van der Waals surface area contributed by atoms with Crippen LogP contribution in [-0.2, 0) is 9.53 Å². The van der Waals surface area contributed by atoms with Crippen molar-refractivity contribution >= 4 is 5.94 Å². The van der Waals surface area contributed by atoms with Gasteiger partial charge in [0.05, 0.1) is 12.2 Å². The van der Waals surface area contributed by atoms with Crippen molar-refractivity contribution in [2.75, 3.05) is 6.61 Å². The maximum atomic E-state index is 10.6. The number of rotatable bonds is 5. The predicted octanol–water partition coefficient (Wildman–Crippen LogP) is 1.89. The molecule has 0 aromatic heterocycles. The minimum atomic E-state index is -0.434. The number of epoxide rings is 1. The lowest BCUT2D eigenvalue weighted by Crippen LogP contribution is -2.11. The normalized spacial score (nSPS) is 26.1. The molecule has 1 atom stereocenters. The lowest BCUT2D eigenvalue weighted by Gasteiger charge is -2.06. The van der Waals surface area contributed by atoms with Gasteiger partial charge in [0.15, 0.2) is 0 Å². The molecule has 0 radical (unpaired) electrons. The predicted molar refractivity (Wildman–Crippen MR) is 47.6 cm³/mol. The second kappa shape index (κ2) is 3.70. The SMILES string of the molecule is C=CC1(C(=C=O)CCCC)CO1. The van der Waals surface area contributed by atoms with E-state index in [1.807, 2.05) is 5.94 Å². The molecule has 0 aromatic carbocycles. The standard InChI is InChI=1S/C10H14O2/c1-3-5-6-9(7-11)10(4-2)8-12-10/h4H,2-3,5-6,8H2,1H3. The Kier molecular flexibility index (Phi) is 2.85. The van der Waals surface area contributed by atoms with E-state index in [0.717, 1.165) is 24.8 Å². The Labute approximate surface area is 72.9 Å². The van der Waals surface area contributed by atoms with Crippen molar-refractivity contribution in [3.8, 4) is 0 Å². The zero-order valence-corrected chi connectivity index (χ0v) is 7.43. The summed E-state index contributed by atoms with van der Waals surface area (Å²) in [7, 11) is 0. The molecule has 1 aliphatic rings. The zero-order chi connectivity index (χ0) is 9.03. The maximum absolute atomic E-state index is 10.6. The second-order valence-corrected chi connectivity index (χ2v) is 3.07. The summed E-state index contributed by atoms with van der Waals surface area (Å²) in [4.78, 5) is 10.6. The van der Waals surface area contributed by atoms with Crippen LogP contribution in [-0.4, -0.2) is 18.1 Å². The molecule has 12 heavy (non-hydrogen) atoms. The molecule has 0 spiro atoms. The van der Waals surface area contributed by atoms with Crippen LogP contribution in [0, 0.1) is 0 Å². The zero-order valence-electron chi connectivity index (χ0n) is 7.43. The molecule has 0 N–H and O–H groups in total. The summed E-state index contributed by atoms with van der Waals surface area (Å²) >= 11 is 0. The van der Waals surface area contributed by atoms with Crippen LogP contribution in [0.2, 0.25) is 0 Å². The van der Waals surface area contributed by atoms with Crippen molar-refractivity contribution in [2.45, 2.75) is 31.8 Å². The Balaban J connectivity index is 2.58. The number of hydrogen-bond acceptors (Lipinski definition) is 2. The third-order valence-corrected chi connectivity index (χ3v) is 2.20. The van der Waals surface area contributed by atoms with Crippen molar-refractivity contribution in [1.82, 2.24) is 0 Å². The molecule has 0 bridgehead atoms. The topological polar surface area (TPSA) is 29.6 Å². The molecule has 1 fully saturated rings. The van der Waals surface area contributed by atoms with Gasteiger partial charge in [0.25, 0.3) is 0 Å². The highest BCUT2D eigenvalue weighted by Gasteiger charge is 2.45. The Bertz CT molecular complexity index is 220. The van der Waals surface area contributed by atoms with Gasteiger partial charge in [-0.15, -0.1) is 0 Å². The average molecular weight is 166 g/mol. The molecule has 66 valence electrons. The van der Waals surface area contributed by atoms with Gasteiger partial charge < -0.3 is 4.74 Å². The van der Waals surface area contributed by atoms with Crippen molar-refractivity contribution < 1.29 is 9.53 Å². The molecule has 1 heterocycles. The summed E-state index contributed by atoms with van der Waals surface area (Å²) < 4.78 is 5.18. The minimum Gasteiger partial charge on any atom is -0.360 e. The summed E-state index contributed by atoms with van der Waals surface area (Å²) in [6, 6.07) is 0. The first-order valence-corrected chi connectivity index (χ1v) is 4.31. The van der Waals surface area contributed by atoms with E-state index >= 15 is 0 Å². The van der Waals surface area contributed by atoms with E-state index < -0.39 is 5.60 Å². The summed E-state index contributed by atoms with van der Waals surface area (Å²) in [5.41, 5.74) is 0.288. The van der Waals surface area contributed by atoms with Crippen LogP contribution in [0.3, 0.4) is 0 Å². The van der Waals surface area contributed by atoms with Crippen LogP contribution >= 0.6 is 0 Å². The molecule has 0 aliphatic carbocycles. The van der Waals surface area contributed by atoms with Gasteiger partial charge in [0, 0.05) is 0 Å². The average Bonchev–Trinajstić information content (AvgIpc) is 2.87. The van der Waals surface area contributed by atoms with Gasteiger partial charge in [0.1, 0.15) is 11.5 Å². The highest BCUT2D eigenvalue weighted by molar-refractivity contribution is 5.59. The first-order chi connectivity index (χ1) is 5.79. The summed E-state index contributed by atoms with van der Waals surface area (Å²) in [6.07, 6.45) is 4.58. The molecular formula is C10H14O2. The number of ether oxygens (including phenoxy) is 1. The monoisotopic (exact) mass is 166 g/mol. The van der Waals surface area contributed by atoms with E-state index in [0.29, 0.717) is 6.61 Å². The first kappa shape index (κ1) is 9.24. The van der Waals surface area contributed by atoms with E-state index in [1.54, 1.807) is 6.08 Å². The van der Waals surface area contributed by atoms with E-state index in [4.69, 9.17) is 4.74 Å². The molecule has 0 amide bonds. The van der Waals surface area contributed by atoms with Crippen LogP contribution in [0.5, 0.6) is 0 Å². The summed E-state index contributed by atoms with van der Waals surface area (Å²) in [5, 5.41) is 0. The largest absolute Gasteiger partial charge is 0.360 e. The highest BCUT2D eigenvalue weighted by Crippen LogP contribution is 2.37. The second-order valence-electron chi connectivity index (χ2n) is 3.07. The highest BCUT2D eigenvalue weighted by atomic mass is 16.6. The number of hydrogen-bond donors (Lipinski definition) is 0. The molecule has 1 unspecified atom stereocenters. The van der Waals surface area contributed by atoms with E-state index in [1.165, 1.54) is 0 Å². The van der Waals surface area contributed by atoms with Crippen molar-refractivity contribution in [3.05, 3.63) is 18.2 Å². The molecular weight excluding hydrogens is 152 g/mol. The van der Waals surface area contributed by atoms with Gasteiger partial charge in [-0.3, -0.25) is 0 Å². The van der Waals surface area contributed by atoms with Crippen LogP contribution in [0.25, 0.3) is 0 Å².